The zero-order valence-electron chi connectivity index (χ0n) is 13.6. The Labute approximate surface area is 139 Å². The maximum atomic E-state index is 12.0. The van der Waals surface area contributed by atoms with E-state index in [2.05, 4.69) is 32.5 Å². The fraction of sp³-hybridized carbons (Fsp3) is 0.471. The molecular weight excluding hydrogens is 319 g/mol. The van der Waals surface area contributed by atoms with Crippen LogP contribution in [0.3, 0.4) is 0 Å². The van der Waals surface area contributed by atoms with Crippen molar-refractivity contribution in [1.82, 2.24) is 10.6 Å². The van der Waals surface area contributed by atoms with E-state index in [1.165, 1.54) is 0 Å². The van der Waals surface area contributed by atoms with Crippen molar-refractivity contribution in [3.05, 3.63) is 47.5 Å². The monoisotopic (exact) mass is 341 g/mol. The van der Waals surface area contributed by atoms with E-state index in [1.54, 1.807) is 19.2 Å². The van der Waals surface area contributed by atoms with Crippen LogP contribution in [-0.2, 0) is 17.9 Å². The van der Waals surface area contributed by atoms with Crippen molar-refractivity contribution in [3.63, 3.8) is 0 Å². The van der Waals surface area contributed by atoms with Crippen LogP contribution in [0.25, 0.3) is 0 Å². The molecule has 0 saturated carbocycles. The highest BCUT2D eigenvalue weighted by atomic mass is 19.4. The molecule has 0 saturated heterocycles. The summed E-state index contributed by atoms with van der Waals surface area (Å²) in [5, 5.41) is 6.57. The summed E-state index contributed by atoms with van der Waals surface area (Å²) in [6.07, 6.45) is 1.98. The second-order valence-electron chi connectivity index (χ2n) is 5.63. The molecule has 0 spiro atoms. The normalized spacial score (nSPS) is 15.8. The minimum Gasteiger partial charge on any atom is -0.367 e. The zero-order valence-corrected chi connectivity index (χ0v) is 13.6. The van der Waals surface area contributed by atoms with Crippen LogP contribution >= 0.6 is 0 Å². The molecule has 0 radical (unpaired) electrons. The number of hydrogen-bond acceptors (Lipinski definition) is 2. The minimum absolute atomic E-state index is 0.0505. The van der Waals surface area contributed by atoms with Gasteiger partial charge >= 0.3 is 6.18 Å². The molecule has 1 aromatic carbocycles. The smallest absolute Gasteiger partial charge is 0.367 e. The summed E-state index contributed by atoms with van der Waals surface area (Å²) in [4.78, 5) is 4.19. The van der Waals surface area contributed by atoms with Gasteiger partial charge in [0.25, 0.3) is 0 Å². The summed E-state index contributed by atoms with van der Waals surface area (Å²) in [7, 11) is 1.72. The number of nitrogens with one attached hydrogen (secondary N) is 2. The number of hydrogen-bond donors (Lipinski definition) is 2. The lowest BCUT2D eigenvalue weighted by Crippen LogP contribution is -2.42. The molecule has 4 nitrogen and oxygen atoms in total. The van der Waals surface area contributed by atoms with Gasteiger partial charge in [0.05, 0.1) is 6.61 Å². The van der Waals surface area contributed by atoms with Crippen molar-refractivity contribution in [3.8, 4) is 0 Å². The van der Waals surface area contributed by atoms with E-state index in [0.717, 1.165) is 24.4 Å². The topological polar surface area (TPSA) is 45.7 Å². The molecule has 0 atom stereocenters. The number of rotatable bonds is 6. The molecule has 24 heavy (non-hydrogen) atoms. The van der Waals surface area contributed by atoms with Gasteiger partial charge in [-0.05, 0) is 24.0 Å². The molecule has 7 heteroatoms. The standard InChI is InChI=1S/C17H22F3N3O/c1-21-16(23-15-4-2-3-5-15)22-10-13-6-8-14(9-7-13)11-24-12-17(18,19)20/h2-3,6-9,15H,4-5,10-12H2,1H3,(H2,21,22,23). The van der Waals surface area contributed by atoms with Gasteiger partial charge in [-0.2, -0.15) is 13.2 Å². The average molecular weight is 341 g/mol. The van der Waals surface area contributed by atoms with Gasteiger partial charge in [0, 0.05) is 19.6 Å². The molecule has 0 amide bonds. The molecule has 2 rings (SSSR count). The molecule has 1 aliphatic carbocycles. The maximum Gasteiger partial charge on any atom is 0.411 e. The van der Waals surface area contributed by atoms with E-state index in [-0.39, 0.29) is 6.61 Å². The van der Waals surface area contributed by atoms with E-state index < -0.39 is 12.8 Å². The van der Waals surface area contributed by atoms with E-state index in [9.17, 15) is 13.2 Å². The summed E-state index contributed by atoms with van der Waals surface area (Å²) in [6.45, 7) is -0.692. The first-order chi connectivity index (χ1) is 11.5. The van der Waals surface area contributed by atoms with Crippen molar-refractivity contribution >= 4 is 5.96 Å². The maximum absolute atomic E-state index is 12.0. The summed E-state index contributed by atoms with van der Waals surface area (Å²) in [5.74, 6) is 0.737. The van der Waals surface area contributed by atoms with Crippen LogP contribution in [0.2, 0.25) is 0 Å². The summed E-state index contributed by atoms with van der Waals surface area (Å²) in [5.41, 5.74) is 1.73. The fourth-order valence-electron chi connectivity index (χ4n) is 2.35. The van der Waals surface area contributed by atoms with Gasteiger partial charge in [-0.3, -0.25) is 4.99 Å². The third kappa shape index (κ3) is 6.62. The number of guanidine groups is 1. The third-order valence-electron chi connectivity index (χ3n) is 3.59. The molecule has 1 aromatic rings. The first-order valence-corrected chi connectivity index (χ1v) is 7.81. The predicted octanol–water partition coefficient (Wildman–Crippen LogP) is 3.15. The molecule has 132 valence electrons. The Morgan fingerprint density at radius 1 is 1.17 bits per heavy atom. The van der Waals surface area contributed by atoms with Gasteiger partial charge in [0.1, 0.15) is 6.61 Å². The lowest BCUT2D eigenvalue weighted by Gasteiger charge is -2.17. The molecule has 0 fully saturated rings. The highest BCUT2D eigenvalue weighted by molar-refractivity contribution is 5.80. The van der Waals surface area contributed by atoms with Gasteiger partial charge in [0.2, 0.25) is 0 Å². The quantitative estimate of drug-likeness (QED) is 0.475. The molecule has 0 aliphatic heterocycles. The van der Waals surface area contributed by atoms with Gasteiger partial charge in [-0.15, -0.1) is 0 Å². The van der Waals surface area contributed by atoms with Crippen LogP contribution in [0.5, 0.6) is 0 Å². The SMILES string of the molecule is CN=C(NCc1ccc(COCC(F)(F)F)cc1)NC1CC=CC1. The average Bonchev–Trinajstić information content (AvgIpc) is 3.04. The Hall–Kier alpha value is -2.02. The van der Waals surface area contributed by atoms with Crippen molar-refractivity contribution in [2.75, 3.05) is 13.7 Å². The minimum atomic E-state index is -4.29. The predicted molar refractivity (Wildman–Crippen MR) is 87.6 cm³/mol. The van der Waals surface area contributed by atoms with Crippen molar-refractivity contribution in [2.24, 2.45) is 4.99 Å². The largest absolute Gasteiger partial charge is 0.411 e. The van der Waals surface area contributed by atoms with Crippen molar-refractivity contribution in [2.45, 2.75) is 38.2 Å². The van der Waals surface area contributed by atoms with Gasteiger partial charge in [-0.1, -0.05) is 36.4 Å². The highest BCUT2D eigenvalue weighted by Gasteiger charge is 2.27. The van der Waals surface area contributed by atoms with Crippen LogP contribution in [0.1, 0.15) is 24.0 Å². The van der Waals surface area contributed by atoms with Crippen LogP contribution < -0.4 is 10.6 Å². The Bertz CT molecular complexity index is 559. The van der Waals surface area contributed by atoms with Crippen LogP contribution in [0.15, 0.2) is 41.4 Å². The van der Waals surface area contributed by atoms with Crippen molar-refractivity contribution < 1.29 is 17.9 Å². The van der Waals surface area contributed by atoms with Gasteiger partial charge in [-0.25, -0.2) is 0 Å². The van der Waals surface area contributed by atoms with E-state index in [4.69, 9.17) is 0 Å². The number of halogens is 3. The fourth-order valence-corrected chi connectivity index (χ4v) is 2.35. The molecule has 0 heterocycles. The van der Waals surface area contributed by atoms with Gasteiger partial charge < -0.3 is 15.4 Å². The second kappa shape index (κ2) is 8.73. The summed E-state index contributed by atoms with van der Waals surface area (Å²) in [6, 6.07) is 7.65. The molecular formula is C17H22F3N3O. The Morgan fingerprint density at radius 3 is 2.38 bits per heavy atom. The number of benzene rings is 1. The molecule has 2 N–H and O–H groups in total. The zero-order chi connectivity index (χ0) is 17.4. The van der Waals surface area contributed by atoms with Crippen molar-refractivity contribution in [1.29, 1.82) is 0 Å². The molecule has 0 aromatic heterocycles. The van der Waals surface area contributed by atoms with Gasteiger partial charge in [0.15, 0.2) is 5.96 Å². The lowest BCUT2D eigenvalue weighted by atomic mass is 10.1. The first-order valence-electron chi connectivity index (χ1n) is 7.81. The Balaban J connectivity index is 1.74. The number of nitrogens with zero attached hydrogens (tertiary/aromatic N) is 1. The van der Waals surface area contributed by atoms with Crippen LogP contribution in [0, 0.1) is 0 Å². The summed E-state index contributed by atoms with van der Waals surface area (Å²) >= 11 is 0. The second-order valence-corrected chi connectivity index (χ2v) is 5.63. The number of aliphatic imine (C=N–C) groups is 1. The third-order valence-corrected chi connectivity index (χ3v) is 3.59. The first kappa shape index (κ1) is 18.3. The molecule has 1 aliphatic rings. The van der Waals surface area contributed by atoms with Crippen LogP contribution in [-0.4, -0.2) is 31.8 Å². The number of alkyl halides is 3. The highest BCUT2D eigenvalue weighted by Crippen LogP contribution is 2.16. The van der Waals surface area contributed by atoms with E-state index in [1.807, 2.05) is 12.1 Å². The molecule has 0 unspecified atom stereocenters. The Kier molecular flexibility index (Phi) is 6.66. The summed E-state index contributed by atoms with van der Waals surface area (Å²) < 4.78 is 40.7. The van der Waals surface area contributed by atoms with Crippen LogP contribution in [0.4, 0.5) is 13.2 Å². The van der Waals surface area contributed by atoms with E-state index in [0.29, 0.717) is 18.2 Å². The Morgan fingerprint density at radius 2 is 1.79 bits per heavy atom. The number of ether oxygens (including phenoxy) is 1. The lowest BCUT2D eigenvalue weighted by molar-refractivity contribution is -0.176. The van der Waals surface area contributed by atoms with E-state index >= 15 is 0 Å². The molecule has 0 bridgehead atoms.